The summed E-state index contributed by atoms with van der Waals surface area (Å²) in [6, 6.07) is 18.4. The van der Waals surface area contributed by atoms with Gasteiger partial charge in [0.05, 0.1) is 12.1 Å². The molecule has 1 aliphatic heterocycles. The van der Waals surface area contributed by atoms with E-state index in [9.17, 15) is 9.59 Å². The van der Waals surface area contributed by atoms with Crippen LogP contribution in [0.4, 0.5) is 4.79 Å². The number of rotatable bonds is 4. The van der Waals surface area contributed by atoms with Gasteiger partial charge in [0, 0.05) is 12.5 Å². The van der Waals surface area contributed by atoms with E-state index in [1.165, 1.54) is 0 Å². The summed E-state index contributed by atoms with van der Waals surface area (Å²) in [5, 5.41) is 0. The van der Waals surface area contributed by atoms with E-state index < -0.39 is 0 Å². The molecule has 1 fully saturated rings. The molecule has 5 nitrogen and oxygen atoms in total. The van der Waals surface area contributed by atoms with Crippen molar-refractivity contribution in [2.45, 2.75) is 19.6 Å². The summed E-state index contributed by atoms with van der Waals surface area (Å²) in [5.41, 5.74) is 1.45. The summed E-state index contributed by atoms with van der Waals surface area (Å²) >= 11 is 0. The standard InChI is InChI=1S/C20H21NO4/c1-15-12-21(20(23)24-14-16-8-4-2-5-9-16)13-18(15)25-19(22)17-10-6-3-7-11-17/h2-11,15,18H,12-14H2,1H3. The summed E-state index contributed by atoms with van der Waals surface area (Å²) in [4.78, 5) is 26.0. The van der Waals surface area contributed by atoms with Crippen LogP contribution < -0.4 is 0 Å². The first-order chi connectivity index (χ1) is 12.1. The van der Waals surface area contributed by atoms with Gasteiger partial charge in [0.2, 0.25) is 0 Å². The van der Waals surface area contributed by atoms with E-state index in [-0.39, 0.29) is 30.7 Å². The molecule has 1 aliphatic rings. The van der Waals surface area contributed by atoms with Gasteiger partial charge in [-0.1, -0.05) is 55.5 Å². The lowest BCUT2D eigenvalue weighted by Crippen LogP contribution is -2.31. The molecule has 0 N–H and O–H groups in total. The van der Waals surface area contributed by atoms with Crippen molar-refractivity contribution in [1.82, 2.24) is 4.90 Å². The lowest BCUT2D eigenvalue weighted by atomic mass is 10.1. The molecule has 0 saturated carbocycles. The maximum absolute atomic E-state index is 12.2. The molecule has 25 heavy (non-hydrogen) atoms. The Hall–Kier alpha value is -2.82. The van der Waals surface area contributed by atoms with Crippen molar-refractivity contribution in [3.05, 3.63) is 71.8 Å². The molecule has 0 radical (unpaired) electrons. The largest absolute Gasteiger partial charge is 0.457 e. The number of likely N-dealkylation sites (tertiary alicyclic amines) is 1. The molecule has 2 unspecified atom stereocenters. The van der Waals surface area contributed by atoms with E-state index in [4.69, 9.17) is 9.47 Å². The zero-order chi connectivity index (χ0) is 17.6. The van der Waals surface area contributed by atoms with E-state index in [1.54, 1.807) is 29.2 Å². The Labute approximate surface area is 147 Å². The lowest BCUT2D eigenvalue weighted by molar-refractivity contribution is 0.0242. The molecule has 2 aromatic rings. The SMILES string of the molecule is CC1CN(C(=O)OCc2ccccc2)CC1OC(=O)c1ccccc1. The summed E-state index contributed by atoms with van der Waals surface area (Å²) < 4.78 is 10.9. The molecule has 2 atom stereocenters. The van der Waals surface area contributed by atoms with Crippen molar-refractivity contribution in [3.8, 4) is 0 Å². The first kappa shape index (κ1) is 17.0. The Morgan fingerprint density at radius 1 is 1.00 bits per heavy atom. The number of hydrogen-bond donors (Lipinski definition) is 0. The molecule has 5 heteroatoms. The maximum Gasteiger partial charge on any atom is 0.410 e. The number of hydrogen-bond acceptors (Lipinski definition) is 4. The fourth-order valence-electron chi connectivity index (χ4n) is 2.83. The van der Waals surface area contributed by atoms with Crippen LogP contribution in [0.2, 0.25) is 0 Å². The average Bonchev–Trinajstić information content (AvgIpc) is 3.02. The third-order valence-electron chi connectivity index (χ3n) is 4.27. The van der Waals surface area contributed by atoms with Gasteiger partial charge < -0.3 is 14.4 Å². The molecule has 3 rings (SSSR count). The Balaban J connectivity index is 1.52. The van der Waals surface area contributed by atoms with Crippen LogP contribution in [-0.2, 0) is 16.1 Å². The number of carbonyl (C=O) groups is 2. The van der Waals surface area contributed by atoms with E-state index in [0.29, 0.717) is 18.7 Å². The molecule has 1 saturated heterocycles. The van der Waals surface area contributed by atoms with Crippen molar-refractivity contribution in [3.63, 3.8) is 0 Å². The highest BCUT2D eigenvalue weighted by Crippen LogP contribution is 2.22. The fourth-order valence-corrected chi connectivity index (χ4v) is 2.83. The van der Waals surface area contributed by atoms with Crippen molar-refractivity contribution in [1.29, 1.82) is 0 Å². The van der Waals surface area contributed by atoms with Gasteiger partial charge in [-0.05, 0) is 17.7 Å². The third kappa shape index (κ3) is 4.38. The molecule has 0 aliphatic carbocycles. The maximum atomic E-state index is 12.2. The quantitative estimate of drug-likeness (QED) is 0.800. The highest BCUT2D eigenvalue weighted by Gasteiger charge is 2.36. The van der Waals surface area contributed by atoms with Crippen LogP contribution in [0.1, 0.15) is 22.8 Å². The summed E-state index contributed by atoms with van der Waals surface area (Å²) in [6.45, 7) is 3.07. The highest BCUT2D eigenvalue weighted by atomic mass is 16.6. The number of carbonyl (C=O) groups excluding carboxylic acids is 2. The predicted molar refractivity (Wildman–Crippen MR) is 93.0 cm³/mol. The van der Waals surface area contributed by atoms with Crippen LogP contribution in [0.3, 0.4) is 0 Å². The van der Waals surface area contributed by atoms with Crippen LogP contribution >= 0.6 is 0 Å². The first-order valence-electron chi connectivity index (χ1n) is 8.35. The average molecular weight is 339 g/mol. The second-order valence-corrected chi connectivity index (χ2v) is 6.23. The van der Waals surface area contributed by atoms with Crippen molar-refractivity contribution >= 4 is 12.1 Å². The van der Waals surface area contributed by atoms with E-state index in [1.807, 2.05) is 43.3 Å². The number of benzene rings is 2. The Morgan fingerprint density at radius 3 is 2.32 bits per heavy atom. The van der Waals surface area contributed by atoms with Gasteiger partial charge in [-0.3, -0.25) is 0 Å². The topological polar surface area (TPSA) is 55.8 Å². The van der Waals surface area contributed by atoms with Crippen LogP contribution in [0.25, 0.3) is 0 Å². The highest BCUT2D eigenvalue weighted by molar-refractivity contribution is 5.89. The van der Waals surface area contributed by atoms with Crippen molar-refractivity contribution in [2.24, 2.45) is 5.92 Å². The minimum atomic E-state index is -0.381. The molecule has 0 bridgehead atoms. The molecule has 0 spiro atoms. The zero-order valence-corrected chi connectivity index (χ0v) is 14.1. The van der Waals surface area contributed by atoms with Gasteiger partial charge in [0.25, 0.3) is 0 Å². The molecule has 0 aromatic heterocycles. The number of nitrogens with zero attached hydrogens (tertiary/aromatic N) is 1. The monoisotopic (exact) mass is 339 g/mol. The smallest absolute Gasteiger partial charge is 0.410 e. The van der Waals surface area contributed by atoms with Gasteiger partial charge in [-0.2, -0.15) is 0 Å². The zero-order valence-electron chi connectivity index (χ0n) is 14.1. The minimum Gasteiger partial charge on any atom is -0.457 e. The predicted octanol–water partition coefficient (Wildman–Crippen LogP) is 3.50. The summed E-state index contributed by atoms with van der Waals surface area (Å²) in [7, 11) is 0. The number of amides is 1. The molecular formula is C20H21NO4. The second kappa shape index (κ2) is 7.83. The van der Waals surface area contributed by atoms with Crippen molar-refractivity contribution in [2.75, 3.05) is 13.1 Å². The van der Waals surface area contributed by atoms with Gasteiger partial charge in [-0.15, -0.1) is 0 Å². The minimum absolute atomic E-state index is 0.0666. The number of ether oxygens (including phenoxy) is 2. The summed E-state index contributed by atoms with van der Waals surface area (Å²) in [5.74, 6) is -0.297. The second-order valence-electron chi connectivity index (χ2n) is 6.23. The van der Waals surface area contributed by atoms with Crippen molar-refractivity contribution < 1.29 is 19.1 Å². The number of esters is 1. The van der Waals surface area contributed by atoms with E-state index in [0.717, 1.165) is 5.56 Å². The van der Waals surface area contributed by atoms with Crippen LogP contribution in [0, 0.1) is 5.92 Å². The molecule has 2 aromatic carbocycles. The van der Waals surface area contributed by atoms with E-state index in [2.05, 4.69) is 0 Å². The molecular weight excluding hydrogens is 318 g/mol. The Kier molecular flexibility index (Phi) is 5.33. The van der Waals surface area contributed by atoms with Crippen LogP contribution in [-0.4, -0.2) is 36.2 Å². The normalized spacial score (nSPS) is 19.5. The van der Waals surface area contributed by atoms with Gasteiger partial charge in [0.15, 0.2) is 0 Å². The van der Waals surface area contributed by atoms with Gasteiger partial charge >= 0.3 is 12.1 Å². The first-order valence-corrected chi connectivity index (χ1v) is 8.35. The summed E-state index contributed by atoms with van der Waals surface area (Å²) in [6.07, 6.45) is -0.703. The Bertz CT molecular complexity index is 717. The van der Waals surface area contributed by atoms with Gasteiger partial charge in [-0.25, -0.2) is 9.59 Å². The molecule has 130 valence electrons. The van der Waals surface area contributed by atoms with Crippen LogP contribution in [0.15, 0.2) is 60.7 Å². The fraction of sp³-hybridized carbons (Fsp3) is 0.300. The van der Waals surface area contributed by atoms with E-state index >= 15 is 0 Å². The molecule has 1 amide bonds. The lowest BCUT2D eigenvalue weighted by Gasteiger charge is -2.17. The van der Waals surface area contributed by atoms with Crippen LogP contribution in [0.5, 0.6) is 0 Å². The Morgan fingerprint density at radius 2 is 1.64 bits per heavy atom. The van der Waals surface area contributed by atoms with Gasteiger partial charge in [0.1, 0.15) is 12.7 Å². The molecule has 1 heterocycles. The third-order valence-corrected chi connectivity index (χ3v) is 4.27.